The molecule has 0 spiro atoms. The average molecular weight is 433 g/mol. The first-order valence-electron chi connectivity index (χ1n) is 9.27. The van der Waals surface area contributed by atoms with Crippen molar-refractivity contribution in [2.24, 2.45) is 0 Å². The Morgan fingerprint density at radius 1 is 1.00 bits per heavy atom. The summed E-state index contributed by atoms with van der Waals surface area (Å²) in [5, 5.41) is 5.64. The molecule has 0 fully saturated rings. The molecule has 2 aromatic carbocycles. The third-order valence-corrected chi connectivity index (χ3v) is 4.65. The fraction of sp³-hybridized carbons (Fsp3) is 0.273. The summed E-state index contributed by atoms with van der Waals surface area (Å²) in [6, 6.07) is 16.1. The summed E-state index contributed by atoms with van der Waals surface area (Å²) in [5.41, 5.74) is 2.94. The number of aromatic nitrogens is 2. The highest BCUT2D eigenvalue weighted by molar-refractivity contribution is 5.93. The lowest BCUT2D eigenvalue weighted by Crippen LogP contribution is -2.17. The molecule has 4 rings (SSSR count). The van der Waals surface area contributed by atoms with Gasteiger partial charge in [0.1, 0.15) is 11.4 Å². The van der Waals surface area contributed by atoms with Crippen LogP contribution in [0.3, 0.4) is 0 Å². The van der Waals surface area contributed by atoms with E-state index in [2.05, 4.69) is 37.3 Å². The highest BCUT2D eigenvalue weighted by atomic mass is 35.5. The lowest BCUT2D eigenvalue weighted by molar-refractivity contribution is 0.405. The summed E-state index contributed by atoms with van der Waals surface area (Å²) in [6.45, 7) is 3.99. The number of nitrogens with one attached hydrogen (secondary N) is 1. The predicted octanol–water partition coefficient (Wildman–Crippen LogP) is 5.56. The van der Waals surface area contributed by atoms with Crippen molar-refractivity contribution < 1.29 is 4.42 Å². The molecule has 0 saturated carbocycles. The molecule has 7 heteroatoms. The van der Waals surface area contributed by atoms with Gasteiger partial charge in [0.2, 0.25) is 0 Å². The van der Waals surface area contributed by atoms with Crippen LogP contribution < -0.4 is 5.32 Å². The van der Waals surface area contributed by atoms with Crippen LogP contribution in [-0.2, 0) is 0 Å². The van der Waals surface area contributed by atoms with E-state index >= 15 is 0 Å². The highest BCUT2D eigenvalue weighted by Gasteiger charge is 2.14. The fourth-order valence-electron chi connectivity index (χ4n) is 3.29. The van der Waals surface area contributed by atoms with Crippen LogP contribution in [-0.4, -0.2) is 42.1 Å². The average Bonchev–Trinajstić information content (AvgIpc) is 3.09. The van der Waals surface area contributed by atoms with E-state index in [1.807, 2.05) is 42.5 Å². The number of rotatable bonds is 6. The number of aryl methyl sites for hydroxylation is 1. The van der Waals surface area contributed by atoms with Crippen LogP contribution in [0.1, 0.15) is 12.0 Å². The minimum Gasteiger partial charge on any atom is -0.453 e. The van der Waals surface area contributed by atoms with E-state index in [0.29, 0.717) is 11.6 Å². The van der Waals surface area contributed by atoms with Crippen molar-refractivity contribution in [1.29, 1.82) is 0 Å². The molecule has 29 heavy (non-hydrogen) atoms. The van der Waals surface area contributed by atoms with Gasteiger partial charge in [-0.1, -0.05) is 30.3 Å². The van der Waals surface area contributed by atoms with Gasteiger partial charge < -0.3 is 14.6 Å². The minimum absolute atomic E-state index is 0. The summed E-state index contributed by atoms with van der Waals surface area (Å²) >= 11 is 0. The number of para-hydroxylation sites is 1. The van der Waals surface area contributed by atoms with Crippen LogP contribution in [0.4, 0.5) is 5.82 Å². The van der Waals surface area contributed by atoms with Gasteiger partial charge >= 0.3 is 0 Å². The number of hydrogen-bond donors (Lipinski definition) is 1. The molecule has 1 N–H and O–H groups in total. The summed E-state index contributed by atoms with van der Waals surface area (Å²) < 4.78 is 5.99. The second-order valence-corrected chi connectivity index (χ2v) is 7.10. The molecule has 0 aliphatic rings. The Morgan fingerprint density at radius 2 is 1.79 bits per heavy atom. The van der Waals surface area contributed by atoms with Crippen molar-refractivity contribution in [3.8, 4) is 11.6 Å². The van der Waals surface area contributed by atoms with Crippen LogP contribution >= 0.6 is 24.8 Å². The number of nitrogens with zero attached hydrogens (tertiary/aromatic N) is 3. The highest BCUT2D eigenvalue weighted by Crippen LogP contribution is 2.30. The Hall–Kier alpha value is -2.34. The molecular formula is C22H26Cl2N4O. The number of benzene rings is 2. The van der Waals surface area contributed by atoms with Gasteiger partial charge in [0.25, 0.3) is 0 Å². The van der Waals surface area contributed by atoms with Crippen molar-refractivity contribution in [2.75, 3.05) is 32.5 Å². The molecule has 0 radical (unpaired) electrons. The monoisotopic (exact) mass is 432 g/mol. The van der Waals surface area contributed by atoms with Crippen LogP contribution in [0.15, 0.2) is 52.9 Å². The maximum absolute atomic E-state index is 5.99. The molecule has 0 unspecified atom stereocenters. The fourth-order valence-corrected chi connectivity index (χ4v) is 3.29. The quantitative estimate of drug-likeness (QED) is 0.404. The topological polar surface area (TPSA) is 54.2 Å². The number of anilines is 1. The summed E-state index contributed by atoms with van der Waals surface area (Å²) in [5.74, 6) is 2.17. The summed E-state index contributed by atoms with van der Waals surface area (Å²) in [4.78, 5) is 11.8. The van der Waals surface area contributed by atoms with E-state index < -0.39 is 0 Å². The first kappa shape index (κ1) is 22.9. The van der Waals surface area contributed by atoms with Gasteiger partial charge in [-0.3, -0.25) is 0 Å². The van der Waals surface area contributed by atoms with E-state index in [4.69, 9.17) is 14.4 Å². The molecule has 0 bridgehead atoms. The van der Waals surface area contributed by atoms with E-state index in [1.165, 1.54) is 5.56 Å². The lowest BCUT2D eigenvalue weighted by Gasteiger charge is -2.13. The number of fused-ring (bicyclic) bond motifs is 2. The summed E-state index contributed by atoms with van der Waals surface area (Å²) in [6.07, 6.45) is 1.05. The maximum Gasteiger partial charge on any atom is 0.198 e. The third-order valence-electron chi connectivity index (χ3n) is 4.65. The van der Waals surface area contributed by atoms with Crippen molar-refractivity contribution in [3.63, 3.8) is 0 Å². The first-order valence-corrected chi connectivity index (χ1v) is 9.27. The molecule has 0 aliphatic carbocycles. The molecule has 2 heterocycles. The first-order chi connectivity index (χ1) is 13.1. The smallest absolute Gasteiger partial charge is 0.198 e. The van der Waals surface area contributed by atoms with Crippen LogP contribution in [0.2, 0.25) is 0 Å². The Morgan fingerprint density at radius 3 is 2.55 bits per heavy atom. The van der Waals surface area contributed by atoms with E-state index in [1.54, 1.807) is 0 Å². The molecule has 2 aromatic heterocycles. The summed E-state index contributed by atoms with van der Waals surface area (Å²) in [7, 11) is 4.17. The third kappa shape index (κ3) is 4.99. The second kappa shape index (κ2) is 9.92. The van der Waals surface area contributed by atoms with Crippen LogP contribution in [0.25, 0.3) is 33.5 Å². The van der Waals surface area contributed by atoms with Crippen molar-refractivity contribution in [1.82, 2.24) is 14.9 Å². The lowest BCUT2D eigenvalue weighted by atomic mass is 10.1. The largest absolute Gasteiger partial charge is 0.453 e. The molecule has 0 aliphatic heterocycles. The molecule has 154 valence electrons. The van der Waals surface area contributed by atoms with Crippen LogP contribution in [0, 0.1) is 6.92 Å². The molecule has 5 nitrogen and oxygen atoms in total. The number of furan rings is 1. The minimum atomic E-state index is 0. The van der Waals surface area contributed by atoms with E-state index in [-0.39, 0.29) is 24.8 Å². The van der Waals surface area contributed by atoms with Gasteiger partial charge in [0, 0.05) is 17.3 Å². The van der Waals surface area contributed by atoms with Gasteiger partial charge in [-0.15, -0.1) is 24.8 Å². The standard InChI is InChI=1S/C22H24N4O.2ClH/c1-15-8-6-10-17-20(15)22(23-12-7-13-26(2)3)25-21(24-17)19-14-16-9-4-5-11-18(16)27-19;;/h4-6,8-11,14H,7,12-13H2,1-3H3,(H,23,24,25);2*1H. The van der Waals surface area contributed by atoms with Crippen molar-refractivity contribution in [3.05, 3.63) is 54.1 Å². The van der Waals surface area contributed by atoms with Gasteiger partial charge in [0.15, 0.2) is 11.6 Å². The zero-order valence-corrected chi connectivity index (χ0v) is 18.4. The Balaban J connectivity index is 0.00000150. The Labute approximate surface area is 183 Å². The van der Waals surface area contributed by atoms with Gasteiger partial charge in [0.05, 0.1) is 5.52 Å². The Bertz CT molecular complexity index is 1060. The molecule has 0 amide bonds. The normalized spacial score (nSPS) is 10.8. The van der Waals surface area contributed by atoms with Gasteiger partial charge in [-0.05, 0) is 57.7 Å². The van der Waals surface area contributed by atoms with E-state index in [9.17, 15) is 0 Å². The second-order valence-electron chi connectivity index (χ2n) is 7.10. The number of hydrogen-bond acceptors (Lipinski definition) is 5. The van der Waals surface area contributed by atoms with Crippen molar-refractivity contribution in [2.45, 2.75) is 13.3 Å². The van der Waals surface area contributed by atoms with Crippen LogP contribution in [0.5, 0.6) is 0 Å². The molecule has 0 saturated heterocycles. The van der Waals surface area contributed by atoms with E-state index in [0.717, 1.165) is 47.2 Å². The molecule has 4 aromatic rings. The Kier molecular flexibility index (Phi) is 7.85. The molecule has 0 atom stereocenters. The molecular weight excluding hydrogens is 407 g/mol. The van der Waals surface area contributed by atoms with Gasteiger partial charge in [-0.25, -0.2) is 9.97 Å². The maximum atomic E-state index is 5.99. The van der Waals surface area contributed by atoms with Gasteiger partial charge in [-0.2, -0.15) is 0 Å². The zero-order valence-electron chi connectivity index (χ0n) is 16.8. The SMILES string of the molecule is Cc1cccc2nc(-c3cc4ccccc4o3)nc(NCCCN(C)C)c12.Cl.Cl. The number of halogens is 2. The van der Waals surface area contributed by atoms with Crippen molar-refractivity contribution >= 4 is 52.5 Å². The predicted molar refractivity (Wildman–Crippen MR) is 126 cm³/mol. The zero-order chi connectivity index (χ0) is 18.8.